The van der Waals surface area contributed by atoms with Crippen LogP contribution in [0, 0.1) is 0 Å². The normalized spacial score (nSPS) is 16.8. The van der Waals surface area contributed by atoms with Crippen LogP contribution in [0.15, 0.2) is 48.9 Å². The van der Waals surface area contributed by atoms with Gasteiger partial charge in [-0.05, 0) is 31.0 Å². The number of ether oxygens (including phenoxy) is 2. The van der Waals surface area contributed by atoms with E-state index in [-0.39, 0.29) is 16.9 Å². The van der Waals surface area contributed by atoms with E-state index in [1.807, 2.05) is 0 Å². The second-order valence-corrected chi connectivity index (χ2v) is 8.77. The number of halogens is 2. The summed E-state index contributed by atoms with van der Waals surface area (Å²) < 4.78 is 37.6. The number of methoxy groups -OCH3 is 1. The molecule has 3 heterocycles. The summed E-state index contributed by atoms with van der Waals surface area (Å²) in [6, 6.07) is 5.90. The third-order valence-electron chi connectivity index (χ3n) is 5.21. The van der Waals surface area contributed by atoms with Gasteiger partial charge in [-0.25, -0.2) is 4.98 Å². The van der Waals surface area contributed by atoms with Gasteiger partial charge < -0.3 is 19.7 Å². The first-order valence-corrected chi connectivity index (χ1v) is 11.8. The molecule has 0 saturated carbocycles. The van der Waals surface area contributed by atoms with Crippen molar-refractivity contribution >= 4 is 33.3 Å². The Hall–Kier alpha value is -3.78. The first-order valence-electron chi connectivity index (χ1n) is 11.0. The summed E-state index contributed by atoms with van der Waals surface area (Å²) in [4.78, 5) is 18.9. The highest BCUT2D eigenvalue weighted by atomic mass is 32.1. The highest BCUT2D eigenvalue weighted by Gasteiger charge is 2.29. The fraction of sp³-hybridized carbons (Fsp3) is 0.364. The Bertz CT molecular complexity index is 1200. The zero-order valence-corrected chi connectivity index (χ0v) is 20.3. The minimum atomic E-state index is -3.48. The van der Waals surface area contributed by atoms with Gasteiger partial charge in [0.2, 0.25) is 10.3 Å². The van der Waals surface area contributed by atoms with Crippen LogP contribution in [0.5, 0.6) is 5.75 Å². The summed E-state index contributed by atoms with van der Waals surface area (Å²) in [6.45, 7) is 2.95. The van der Waals surface area contributed by atoms with Gasteiger partial charge in [0.05, 0.1) is 6.20 Å². The van der Waals surface area contributed by atoms with E-state index in [1.165, 1.54) is 56.0 Å². The molecule has 1 amide bonds. The highest BCUT2D eigenvalue weighted by molar-refractivity contribution is 7.19. The van der Waals surface area contributed by atoms with Crippen molar-refractivity contribution in [3.05, 3.63) is 54.5 Å². The number of benzene rings is 1. The van der Waals surface area contributed by atoms with Gasteiger partial charge in [-0.15, -0.1) is 20.4 Å². The first kappa shape index (κ1) is 25.3. The van der Waals surface area contributed by atoms with Crippen LogP contribution in [0.3, 0.4) is 0 Å². The maximum Gasteiger partial charge on any atom is 0.419 e. The van der Waals surface area contributed by atoms with E-state index in [9.17, 15) is 13.6 Å². The molecule has 0 spiro atoms. The number of amides is 1. The summed E-state index contributed by atoms with van der Waals surface area (Å²) in [7, 11) is 1.35. The van der Waals surface area contributed by atoms with Crippen molar-refractivity contribution in [1.82, 2.24) is 25.4 Å². The van der Waals surface area contributed by atoms with Crippen molar-refractivity contribution in [2.75, 3.05) is 35.7 Å². The maximum absolute atomic E-state index is 13.8. The van der Waals surface area contributed by atoms with Crippen molar-refractivity contribution in [1.29, 1.82) is 0 Å². The van der Waals surface area contributed by atoms with Gasteiger partial charge in [-0.2, -0.15) is 8.78 Å². The molecule has 14 heteroatoms. The molecule has 2 N–H and O–H groups in total. The van der Waals surface area contributed by atoms with E-state index in [1.54, 1.807) is 12.3 Å². The van der Waals surface area contributed by atoms with Gasteiger partial charge in [0.25, 0.3) is 5.91 Å². The minimum Gasteiger partial charge on any atom is -0.429 e. The molecule has 190 valence electrons. The predicted octanol–water partition coefficient (Wildman–Crippen LogP) is 3.29. The van der Waals surface area contributed by atoms with E-state index in [2.05, 4.69) is 40.9 Å². The maximum atomic E-state index is 13.8. The van der Waals surface area contributed by atoms with Gasteiger partial charge in [0.1, 0.15) is 12.1 Å². The van der Waals surface area contributed by atoms with Crippen LogP contribution in [0.25, 0.3) is 0 Å². The number of anilines is 3. The molecule has 0 radical (unpaired) electrons. The lowest BCUT2D eigenvalue weighted by Crippen LogP contribution is -2.26. The summed E-state index contributed by atoms with van der Waals surface area (Å²) in [5.41, 5.74) is 0.344. The van der Waals surface area contributed by atoms with E-state index in [0.717, 1.165) is 13.0 Å². The molecule has 1 aliphatic rings. The van der Waals surface area contributed by atoms with Crippen LogP contribution in [0.1, 0.15) is 25.0 Å². The topological polar surface area (TPSA) is 127 Å². The first-order chi connectivity index (χ1) is 17.4. The van der Waals surface area contributed by atoms with E-state index >= 15 is 0 Å². The Morgan fingerprint density at radius 1 is 1.31 bits per heavy atom. The van der Waals surface area contributed by atoms with Gasteiger partial charge in [0, 0.05) is 32.3 Å². The van der Waals surface area contributed by atoms with E-state index < -0.39 is 18.1 Å². The van der Waals surface area contributed by atoms with Crippen LogP contribution in [-0.2, 0) is 9.53 Å². The predicted molar refractivity (Wildman–Crippen MR) is 129 cm³/mol. The number of nitrogens with one attached hydrogen (secondary N) is 2. The molecule has 3 aromatic rings. The summed E-state index contributed by atoms with van der Waals surface area (Å²) in [5.74, 6) is 0.0770. The third kappa shape index (κ3) is 6.46. The Kier molecular flexibility index (Phi) is 7.95. The molecule has 0 bridgehead atoms. The number of alkyl halides is 2. The van der Waals surface area contributed by atoms with Crippen LogP contribution in [0.2, 0.25) is 0 Å². The lowest BCUT2D eigenvalue weighted by Gasteiger charge is -2.18. The molecule has 11 nitrogen and oxygen atoms in total. The van der Waals surface area contributed by atoms with Gasteiger partial charge in [-0.3, -0.25) is 10.1 Å². The van der Waals surface area contributed by atoms with E-state index in [0.29, 0.717) is 29.1 Å². The molecule has 4 rings (SSSR count). The third-order valence-corrected chi connectivity index (χ3v) is 5.98. The Labute approximate surface area is 209 Å². The number of aromatic nitrogens is 5. The molecule has 1 aromatic carbocycles. The van der Waals surface area contributed by atoms with Gasteiger partial charge in [0.15, 0.2) is 11.9 Å². The van der Waals surface area contributed by atoms with Crippen molar-refractivity contribution in [2.45, 2.75) is 31.6 Å². The smallest absolute Gasteiger partial charge is 0.419 e. The summed E-state index contributed by atoms with van der Waals surface area (Å²) in [5, 5.41) is 22.8. The standard InChI is InChI=1S/C22H24F2N8O3S/c1-3-8-22(23,24)35-16-6-4-5-14(10-16)18(34-2)19(33)28-21-31-30-20(36-21)27-15-7-9-32(12-15)17-11-25-13-26-29-17/h3-6,8,10-11,13,15,18H,7,9,12H2,1-2H3,(H,27,30)(H,28,31,33). The molecule has 1 aliphatic heterocycles. The quantitative estimate of drug-likeness (QED) is 0.386. The fourth-order valence-electron chi connectivity index (χ4n) is 3.67. The van der Waals surface area contributed by atoms with Crippen LogP contribution < -0.4 is 20.3 Å². The van der Waals surface area contributed by atoms with Crippen molar-refractivity contribution < 1.29 is 23.0 Å². The molecular formula is C22H24F2N8O3S. The number of carbonyl (C=O) groups is 1. The number of allylic oxidation sites excluding steroid dienone is 1. The lowest BCUT2D eigenvalue weighted by molar-refractivity contribution is -0.131. The molecule has 1 fully saturated rings. The zero-order chi connectivity index (χ0) is 25.5. The van der Waals surface area contributed by atoms with Crippen molar-refractivity contribution in [2.24, 2.45) is 0 Å². The number of rotatable bonds is 10. The Morgan fingerprint density at radius 2 is 2.14 bits per heavy atom. The van der Waals surface area contributed by atoms with Crippen LogP contribution in [-0.4, -0.2) is 63.6 Å². The van der Waals surface area contributed by atoms with E-state index in [4.69, 9.17) is 9.47 Å². The molecule has 2 atom stereocenters. The fourth-order valence-corrected chi connectivity index (χ4v) is 4.39. The largest absolute Gasteiger partial charge is 0.429 e. The Balaban J connectivity index is 1.35. The SMILES string of the molecule is CC=CC(F)(F)Oc1cccc(C(OC)C(=O)Nc2nnc(NC3CCN(c4cncnn4)C3)s2)c1. The monoisotopic (exact) mass is 518 g/mol. The highest BCUT2D eigenvalue weighted by Crippen LogP contribution is 2.29. The van der Waals surface area contributed by atoms with Gasteiger partial charge >= 0.3 is 6.11 Å². The average Bonchev–Trinajstić information content (AvgIpc) is 3.50. The van der Waals surface area contributed by atoms with Gasteiger partial charge in [-0.1, -0.05) is 29.5 Å². The molecule has 0 aliphatic carbocycles. The number of carbonyl (C=O) groups excluding carboxylic acids is 1. The lowest BCUT2D eigenvalue weighted by atomic mass is 10.1. The zero-order valence-electron chi connectivity index (χ0n) is 19.5. The molecule has 2 aromatic heterocycles. The van der Waals surface area contributed by atoms with Crippen LogP contribution in [0.4, 0.5) is 24.9 Å². The summed E-state index contributed by atoms with van der Waals surface area (Å²) in [6.07, 6.45) is 1.18. The minimum absolute atomic E-state index is 0.101. The Morgan fingerprint density at radius 3 is 2.89 bits per heavy atom. The molecule has 1 saturated heterocycles. The second-order valence-electron chi connectivity index (χ2n) is 7.80. The second kappa shape index (κ2) is 11.3. The van der Waals surface area contributed by atoms with Crippen LogP contribution >= 0.6 is 11.3 Å². The summed E-state index contributed by atoms with van der Waals surface area (Å²) >= 11 is 1.17. The van der Waals surface area contributed by atoms with Crippen molar-refractivity contribution in [3.8, 4) is 5.75 Å². The van der Waals surface area contributed by atoms with Crippen molar-refractivity contribution in [3.63, 3.8) is 0 Å². The molecule has 2 unspecified atom stereocenters. The number of hydrogen-bond donors (Lipinski definition) is 2. The molecular weight excluding hydrogens is 494 g/mol. The number of nitrogens with zero attached hydrogens (tertiary/aromatic N) is 6. The average molecular weight is 519 g/mol. The molecule has 36 heavy (non-hydrogen) atoms. The number of hydrogen-bond acceptors (Lipinski definition) is 11.